The minimum Gasteiger partial charge on any atom is -0.342 e. The van der Waals surface area contributed by atoms with E-state index in [4.69, 9.17) is 0 Å². The van der Waals surface area contributed by atoms with Gasteiger partial charge in [-0.15, -0.1) is 0 Å². The van der Waals surface area contributed by atoms with E-state index in [1.807, 2.05) is 31.2 Å². The lowest BCUT2D eigenvalue weighted by Crippen LogP contribution is -2.56. The summed E-state index contributed by atoms with van der Waals surface area (Å²) in [7, 11) is 1.78. The second kappa shape index (κ2) is 5.43. The van der Waals surface area contributed by atoms with Crippen molar-refractivity contribution in [2.45, 2.75) is 26.3 Å². The highest BCUT2D eigenvalue weighted by Gasteiger charge is 2.32. The highest BCUT2D eigenvalue weighted by Crippen LogP contribution is 2.14. The molecule has 2 rings (SSSR count). The van der Waals surface area contributed by atoms with E-state index in [1.54, 1.807) is 23.8 Å². The molecule has 2 amide bonds. The highest BCUT2D eigenvalue weighted by molar-refractivity contribution is 5.89. The smallest absolute Gasteiger partial charge is 0.244 e. The Hall–Kier alpha value is -1.84. The molecule has 0 bridgehead atoms. The van der Waals surface area contributed by atoms with E-state index in [1.165, 1.54) is 0 Å². The van der Waals surface area contributed by atoms with Gasteiger partial charge in [0.25, 0.3) is 0 Å². The van der Waals surface area contributed by atoms with Crippen molar-refractivity contribution in [2.75, 3.05) is 20.1 Å². The van der Waals surface area contributed by atoms with Crippen LogP contribution >= 0.6 is 0 Å². The second-order valence-corrected chi connectivity index (χ2v) is 5.13. The summed E-state index contributed by atoms with van der Waals surface area (Å²) < 4.78 is 0. The predicted molar refractivity (Wildman–Crippen MR) is 73.7 cm³/mol. The first-order valence-electron chi connectivity index (χ1n) is 6.59. The maximum absolute atomic E-state index is 12.3. The van der Waals surface area contributed by atoms with Crippen LogP contribution in [0.15, 0.2) is 24.3 Å². The van der Waals surface area contributed by atoms with E-state index in [-0.39, 0.29) is 17.9 Å². The van der Waals surface area contributed by atoms with Crippen molar-refractivity contribution < 1.29 is 9.59 Å². The van der Waals surface area contributed by atoms with Gasteiger partial charge in [0.15, 0.2) is 0 Å². The van der Waals surface area contributed by atoms with Crippen LogP contribution < -0.4 is 0 Å². The molecule has 1 aromatic rings. The van der Waals surface area contributed by atoms with Gasteiger partial charge in [0.05, 0.1) is 6.42 Å². The standard InChI is InChI=1S/C15H20N2O2/c1-11-6-4-5-7-13(11)10-14(18)17-9-8-16(3)15(19)12(17)2/h4-7,12H,8-10H2,1-3H3. The molecule has 19 heavy (non-hydrogen) atoms. The lowest BCUT2D eigenvalue weighted by molar-refractivity contribution is -0.149. The molecule has 1 aromatic carbocycles. The van der Waals surface area contributed by atoms with Crippen LogP contribution in [-0.2, 0) is 16.0 Å². The van der Waals surface area contributed by atoms with Gasteiger partial charge >= 0.3 is 0 Å². The molecule has 0 aromatic heterocycles. The summed E-state index contributed by atoms with van der Waals surface area (Å²) in [4.78, 5) is 27.6. The first kappa shape index (κ1) is 13.6. The third kappa shape index (κ3) is 2.78. The number of piperazine rings is 1. The highest BCUT2D eigenvalue weighted by atomic mass is 16.2. The third-order valence-corrected chi connectivity index (χ3v) is 3.80. The van der Waals surface area contributed by atoms with Crippen molar-refractivity contribution in [1.29, 1.82) is 0 Å². The zero-order valence-corrected chi connectivity index (χ0v) is 11.7. The molecule has 0 radical (unpaired) electrons. The first-order valence-corrected chi connectivity index (χ1v) is 6.59. The van der Waals surface area contributed by atoms with Gasteiger partial charge in [-0.3, -0.25) is 9.59 Å². The molecule has 4 heteroatoms. The molecule has 0 saturated carbocycles. The average molecular weight is 260 g/mol. The van der Waals surface area contributed by atoms with Crippen LogP contribution in [0.1, 0.15) is 18.1 Å². The van der Waals surface area contributed by atoms with E-state index in [9.17, 15) is 9.59 Å². The first-order chi connectivity index (χ1) is 9.00. The fourth-order valence-electron chi connectivity index (χ4n) is 2.43. The molecular weight excluding hydrogens is 240 g/mol. The molecule has 1 atom stereocenters. The Balaban J connectivity index is 2.08. The number of rotatable bonds is 2. The summed E-state index contributed by atoms with van der Waals surface area (Å²) in [5.74, 6) is 0.0487. The summed E-state index contributed by atoms with van der Waals surface area (Å²) >= 11 is 0. The Labute approximate surface area is 114 Å². The van der Waals surface area contributed by atoms with Gasteiger partial charge in [-0.1, -0.05) is 24.3 Å². The Morgan fingerprint density at radius 3 is 2.68 bits per heavy atom. The quantitative estimate of drug-likeness (QED) is 0.802. The van der Waals surface area contributed by atoms with Crippen molar-refractivity contribution in [3.05, 3.63) is 35.4 Å². The van der Waals surface area contributed by atoms with Crippen LogP contribution in [0.3, 0.4) is 0 Å². The van der Waals surface area contributed by atoms with Gasteiger partial charge in [0.1, 0.15) is 6.04 Å². The van der Waals surface area contributed by atoms with Crippen LogP contribution in [0.2, 0.25) is 0 Å². The fourth-order valence-corrected chi connectivity index (χ4v) is 2.43. The number of hydrogen-bond donors (Lipinski definition) is 0. The summed E-state index contributed by atoms with van der Waals surface area (Å²) in [6.07, 6.45) is 0.369. The lowest BCUT2D eigenvalue weighted by Gasteiger charge is -2.37. The van der Waals surface area contributed by atoms with Crippen molar-refractivity contribution >= 4 is 11.8 Å². The van der Waals surface area contributed by atoms with E-state index >= 15 is 0 Å². The summed E-state index contributed by atoms with van der Waals surface area (Å²) in [6, 6.07) is 7.52. The van der Waals surface area contributed by atoms with Crippen LogP contribution in [-0.4, -0.2) is 47.8 Å². The van der Waals surface area contributed by atoms with Crippen LogP contribution in [0.4, 0.5) is 0 Å². The normalized spacial score (nSPS) is 19.7. The van der Waals surface area contributed by atoms with Crippen LogP contribution in [0.5, 0.6) is 0 Å². The van der Waals surface area contributed by atoms with Crippen molar-refractivity contribution in [2.24, 2.45) is 0 Å². The maximum Gasteiger partial charge on any atom is 0.244 e. The van der Waals surface area contributed by atoms with Gasteiger partial charge in [-0.05, 0) is 25.0 Å². The molecule has 0 N–H and O–H groups in total. The van der Waals surface area contributed by atoms with Crippen molar-refractivity contribution in [3.63, 3.8) is 0 Å². The second-order valence-electron chi connectivity index (χ2n) is 5.13. The monoisotopic (exact) mass is 260 g/mol. The molecule has 0 spiro atoms. The predicted octanol–water partition coefficient (Wildman–Crippen LogP) is 1.23. The largest absolute Gasteiger partial charge is 0.342 e. The molecule has 1 unspecified atom stereocenters. The Bertz CT molecular complexity index is 499. The van der Waals surface area contributed by atoms with Crippen molar-refractivity contribution in [3.8, 4) is 0 Å². The molecular formula is C15H20N2O2. The van der Waals surface area contributed by atoms with Gasteiger partial charge in [-0.25, -0.2) is 0 Å². The number of nitrogens with zero attached hydrogens (tertiary/aromatic N) is 2. The zero-order chi connectivity index (χ0) is 14.0. The third-order valence-electron chi connectivity index (χ3n) is 3.80. The molecule has 1 aliphatic heterocycles. The number of benzene rings is 1. The molecule has 1 saturated heterocycles. The molecule has 1 aliphatic rings. The minimum absolute atomic E-state index is 0.0179. The van der Waals surface area contributed by atoms with E-state index in [2.05, 4.69) is 0 Å². The summed E-state index contributed by atoms with van der Waals surface area (Å²) in [5, 5.41) is 0. The lowest BCUT2D eigenvalue weighted by atomic mass is 10.0. The number of amides is 2. The Morgan fingerprint density at radius 2 is 2.00 bits per heavy atom. The minimum atomic E-state index is -0.352. The summed E-state index contributed by atoms with van der Waals surface area (Å²) in [6.45, 7) is 5.03. The maximum atomic E-state index is 12.3. The fraction of sp³-hybridized carbons (Fsp3) is 0.467. The van der Waals surface area contributed by atoms with E-state index in [0.29, 0.717) is 19.5 Å². The number of carbonyl (C=O) groups is 2. The van der Waals surface area contributed by atoms with Gasteiger partial charge in [-0.2, -0.15) is 0 Å². The number of likely N-dealkylation sites (N-methyl/N-ethyl adjacent to an activating group) is 1. The topological polar surface area (TPSA) is 40.6 Å². The molecule has 102 valence electrons. The number of aryl methyl sites for hydroxylation is 1. The average Bonchev–Trinajstić information content (AvgIpc) is 2.39. The van der Waals surface area contributed by atoms with Gasteiger partial charge in [0.2, 0.25) is 11.8 Å². The molecule has 1 fully saturated rings. The SMILES string of the molecule is Cc1ccccc1CC(=O)N1CCN(C)C(=O)C1C. The molecule has 0 aliphatic carbocycles. The van der Waals surface area contributed by atoms with Crippen molar-refractivity contribution in [1.82, 2.24) is 9.80 Å². The van der Waals surface area contributed by atoms with Crippen LogP contribution in [0.25, 0.3) is 0 Å². The summed E-state index contributed by atoms with van der Waals surface area (Å²) in [5.41, 5.74) is 2.15. The molecule has 1 heterocycles. The molecule has 4 nitrogen and oxygen atoms in total. The van der Waals surface area contributed by atoms with Gasteiger partial charge in [0, 0.05) is 20.1 Å². The number of hydrogen-bond acceptors (Lipinski definition) is 2. The van der Waals surface area contributed by atoms with E-state index < -0.39 is 0 Å². The Kier molecular flexibility index (Phi) is 3.88. The number of carbonyl (C=O) groups excluding carboxylic acids is 2. The van der Waals surface area contributed by atoms with Crippen LogP contribution in [0, 0.1) is 6.92 Å². The zero-order valence-electron chi connectivity index (χ0n) is 11.7. The van der Waals surface area contributed by atoms with Gasteiger partial charge < -0.3 is 9.80 Å². The van der Waals surface area contributed by atoms with E-state index in [0.717, 1.165) is 11.1 Å². The Morgan fingerprint density at radius 1 is 1.32 bits per heavy atom.